The Balaban J connectivity index is 2.01. The molecule has 0 radical (unpaired) electrons. The Kier molecular flexibility index (Phi) is 3.55. The summed E-state index contributed by atoms with van der Waals surface area (Å²) in [6.07, 6.45) is 4.71. The van der Waals surface area contributed by atoms with Crippen molar-refractivity contribution in [2.45, 2.75) is 59.0 Å². The molecule has 0 atom stereocenters. The Labute approximate surface area is 107 Å². The van der Waals surface area contributed by atoms with E-state index < -0.39 is 0 Å². The smallest absolute Gasteiger partial charge is 0.279 e. The first kappa shape index (κ1) is 12.9. The van der Waals surface area contributed by atoms with E-state index in [9.17, 15) is 4.79 Å². The molecule has 0 bridgehead atoms. The molecule has 2 rings (SSSR count). The van der Waals surface area contributed by atoms with Crippen molar-refractivity contribution in [3.8, 4) is 6.07 Å². The van der Waals surface area contributed by atoms with Crippen LogP contribution < -0.4 is 5.69 Å². The maximum Gasteiger partial charge on any atom is 0.345 e. The van der Waals surface area contributed by atoms with Crippen LogP contribution in [0.4, 0.5) is 0 Å². The van der Waals surface area contributed by atoms with E-state index in [1.54, 1.807) is 9.25 Å². The van der Waals surface area contributed by atoms with Gasteiger partial charge in [-0.1, -0.05) is 0 Å². The minimum atomic E-state index is -0.317. The van der Waals surface area contributed by atoms with E-state index in [1.807, 2.05) is 13.8 Å². The number of hydrogen-bond acceptors (Lipinski definition) is 3. The lowest BCUT2D eigenvalue weighted by molar-refractivity contribution is 0.402. The summed E-state index contributed by atoms with van der Waals surface area (Å²) in [4.78, 5) is 12.0. The zero-order valence-electron chi connectivity index (χ0n) is 11.1. The van der Waals surface area contributed by atoms with Gasteiger partial charge in [0.15, 0.2) is 0 Å². The summed E-state index contributed by atoms with van der Waals surface area (Å²) in [6.45, 7) is 5.27. The molecule has 0 saturated heterocycles. The molecule has 1 aromatic rings. The van der Waals surface area contributed by atoms with Crippen molar-refractivity contribution in [3.63, 3.8) is 0 Å². The van der Waals surface area contributed by atoms with Crippen LogP contribution >= 0.6 is 0 Å². The van der Waals surface area contributed by atoms with Gasteiger partial charge in [-0.25, -0.2) is 9.48 Å². The molecule has 0 amide bonds. The van der Waals surface area contributed by atoms with Gasteiger partial charge in [0.05, 0.1) is 11.5 Å². The van der Waals surface area contributed by atoms with E-state index in [1.165, 1.54) is 0 Å². The predicted molar refractivity (Wildman–Crippen MR) is 68.1 cm³/mol. The van der Waals surface area contributed by atoms with E-state index in [0.717, 1.165) is 44.5 Å². The molecule has 0 aromatic carbocycles. The molecule has 5 nitrogen and oxygen atoms in total. The van der Waals surface area contributed by atoms with E-state index in [2.05, 4.69) is 11.2 Å². The Morgan fingerprint density at radius 3 is 2.89 bits per heavy atom. The molecule has 1 aliphatic rings. The first-order valence-corrected chi connectivity index (χ1v) is 6.61. The number of fused-ring (bicyclic) bond motifs is 1. The number of rotatable bonds is 4. The van der Waals surface area contributed by atoms with Crippen molar-refractivity contribution in [1.29, 1.82) is 5.26 Å². The van der Waals surface area contributed by atoms with E-state index in [4.69, 9.17) is 5.26 Å². The zero-order valence-corrected chi connectivity index (χ0v) is 11.1. The van der Waals surface area contributed by atoms with Crippen LogP contribution in [-0.2, 0) is 19.5 Å². The molecular formula is C13H20N4O. The molecule has 2 heterocycles. The fourth-order valence-electron chi connectivity index (χ4n) is 2.32. The number of nitrogens with zero attached hydrogens (tertiary/aromatic N) is 4. The third-order valence-electron chi connectivity index (χ3n) is 3.51. The molecule has 5 heteroatoms. The van der Waals surface area contributed by atoms with E-state index in [-0.39, 0.29) is 11.1 Å². The zero-order chi connectivity index (χ0) is 13.2. The first-order chi connectivity index (χ1) is 8.53. The fraction of sp³-hybridized carbons (Fsp3) is 0.769. The highest BCUT2D eigenvalue weighted by molar-refractivity contribution is 4.93. The summed E-state index contributed by atoms with van der Waals surface area (Å²) < 4.78 is 3.35. The minimum absolute atomic E-state index is 0.0134. The number of nitriles is 1. The van der Waals surface area contributed by atoms with Gasteiger partial charge >= 0.3 is 5.69 Å². The summed E-state index contributed by atoms with van der Waals surface area (Å²) >= 11 is 0. The topological polar surface area (TPSA) is 63.6 Å². The lowest BCUT2D eigenvalue weighted by Gasteiger charge is -2.13. The van der Waals surface area contributed by atoms with Crippen LogP contribution in [0.1, 0.15) is 45.4 Å². The van der Waals surface area contributed by atoms with Crippen LogP contribution in [0.3, 0.4) is 0 Å². The number of hydrogen-bond donors (Lipinski definition) is 0. The molecule has 18 heavy (non-hydrogen) atoms. The molecule has 1 aliphatic heterocycles. The second-order valence-corrected chi connectivity index (χ2v) is 5.63. The summed E-state index contributed by atoms with van der Waals surface area (Å²) in [5.74, 6) is 0.922. The molecule has 0 spiro atoms. The second-order valence-electron chi connectivity index (χ2n) is 5.63. The lowest BCUT2D eigenvalue weighted by atomic mass is 9.90. The van der Waals surface area contributed by atoms with Crippen molar-refractivity contribution < 1.29 is 0 Å². The first-order valence-electron chi connectivity index (χ1n) is 6.61. The highest BCUT2D eigenvalue weighted by Crippen LogP contribution is 2.20. The highest BCUT2D eigenvalue weighted by Gasteiger charge is 2.18. The van der Waals surface area contributed by atoms with Gasteiger partial charge in [0.2, 0.25) is 0 Å². The molecule has 98 valence electrons. The van der Waals surface area contributed by atoms with Gasteiger partial charge in [-0.2, -0.15) is 10.4 Å². The van der Waals surface area contributed by atoms with E-state index >= 15 is 0 Å². The largest absolute Gasteiger partial charge is 0.345 e. The van der Waals surface area contributed by atoms with Crippen LogP contribution in [0, 0.1) is 16.7 Å². The third-order valence-corrected chi connectivity index (χ3v) is 3.51. The van der Waals surface area contributed by atoms with Crippen molar-refractivity contribution in [3.05, 3.63) is 16.3 Å². The highest BCUT2D eigenvalue weighted by atomic mass is 16.2. The average molecular weight is 248 g/mol. The third kappa shape index (κ3) is 2.63. The Morgan fingerprint density at radius 1 is 1.44 bits per heavy atom. The van der Waals surface area contributed by atoms with Crippen LogP contribution in [0.2, 0.25) is 0 Å². The molecule has 0 aliphatic carbocycles. The van der Waals surface area contributed by atoms with Gasteiger partial charge in [-0.15, -0.1) is 0 Å². The second kappa shape index (κ2) is 4.97. The van der Waals surface area contributed by atoms with Gasteiger partial charge < -0.3 is 0 Å². The normalized spacial score (nSPS) is 15.2. The lowest BCUT2D eigenvalue weighted by Crippen LogP contribution is -2.27. The van der Waals surface area contributed by atoms with Gasteiger partial charge in [-0.05, 0) is 39.5 Å². The summed E-state index contributed by atoms with van der Waals surface area (Å²) in [7, 11) is 0. The summed E-state index contributed by atoms with van der Waals surface area (Å²) in [5.41, 5.74) is -0.303. The molecule has 1 aromatic heterocycles. The van der Waals surface area contributed by atoms with E-state index in [0.29, 0.717) is 6.54 Å². The molecule has 0 saturated carbocycles. The summed E-state index contributed by atoms with van der Waals surface area (Å²) in [6, 6.07) is 2.28. The van der Waals surface area contributed by atoms with Crippen LogP contribution in [-0.4, -0.2) is 14.3 Å². The van der Waals surface area contributed by atoms with Gasteiger partial charge in [0.25, 0.3) is 0 Å². The molecule has 0 fully saturated rings. The molecule has 0 N–H and O–H groups in total. The SMILES string of the molecule is CC(C)(C#N)CCCn1nc2n(c1=O)CCCC2. The van der Waals surface area contributed by atoms with Gasteiger partial charge in [-0.3, -0.25) is 4.57 Å². The van der Waals surface area contributed by atoms with Gasteiger partial charge in [0, 0.05) is 19.5 Å². The predicted octanol–water partition coefficient (Wildman–Crippen LogP) is 1.71. The van der Waals surface area contributed by atoms with Crippen molar-refractivity contribution in [2.75, 3.05) is 0 Å². The number of aromatic nitrogens is 3. The number of aryl methyl sites for hydroxylation is 2. The maximum absolute atomic E-state index is 12.0. The minimum Gasteiger partial charge on any atom is -0.279 e. The quantitative estimate of drug-likeness (QED) is 0.814. The van der Waals surface area contributed by atoms with Crippen LogP contribution in [0.25, 0.3) is 0 Å². The Hall–Kier alpha value is -1.57. The van der Waals surface area contributed by atoms with Gasteiger partial charge in [0.1, 0.15) is 5.82 Å². The van der Waals surface area contributed by atoms with Crippen LogP contribution in [0.5, 0.6) is 0 Å². The fourth-order valence-corrected chi connectivity index (χ4v) is 2.32. The summed E-state index contributed by atoms with van der Waals surface area (Å²) in [5, 5.41) is 13.3. The monoisotopic (exact) mass is 248 g/mol. The molecular weight excluding hydrogens is 228 g/mol. The Bertz CT molecular complexity index is 518. The standard InChI is InChI=1S/C13H20N4O/c1-13(2,10-14)7-5-9-17-12(18)16-8-4-3-6-11(16)15-17/h3-9H2,1-2H3. The van der Waals surface area contributed by atoms with Crippen molar-refractivity contribution in [1.82, 2.24) is 14.3 Å². The Morgan fingerprint density at radius 2 is 2.22 bits per heavy atom. The van der Waals surface area contributed by atoms with Crippen molar-refractivity contribution >= 4 is 0 Å². The van der Waals surface area contributed by atoms with Crippen molar-refractivity contribution in [2.24, 2.45) is 5.41 Å². The maximum atomic E-state index is 12.0. The molecule has 0 unspecified atom stereocenters. The van der Waals surface area contributed by atoms with Crippen LogP contribution in [0.15, 0.2) is 4.79 Å². The average Bonchev–Trinajstić information content (AvgIpc) is 2.67.